The number of fused-ring (bicyclic) bond motifs is 1. The van der Waals surface area contributed by atoms with Crippen molar-refractivity contribution >= 4 is 45.4 Å². The van der Waals surface area contributed by atoms with Crippen LogP contribution in [0, 0.1) is 10.1 Å². The molecule has 0 aromatic heterocycles. The topological polar surface area (TPSA) is 89.7 Å². The van der Waals surface area contributed by atoms with Gasteiger partial charge in [-0.1, -0.05) is 78.9 Å². The molecule has 1 aliphatic heterocycles. The number of carbonyl (C=O) groups excluding carboxylic acids is 2. The largest absolute Gasteiger partial charge is 0.482 e. The molecule has 0 unspecified atom stereocenters. The van der Waals surface area contributed by atoms with E-state index in [4.69, 9.17) is 4.74 Å². The van der Waals surface area contributed by atoms with E-state index in [0.29, 0.717) is 5.56 Å². The maximum absolute atomic E-state index is 13.1. The molecule has 2 amide bonds. The third kappa shape index (κ3) is 4.85. The molecule has 7 nitrogen and oxygen atoms in total. The van der Waals surface area contributed by atoms with Gasteiger partial charge in [-0.05, 0) is 51.4 Å². The van der Waals surface area contributed by atoms with Crippen molar-refractivity contribution in [1.82, 2.24) is 4.90 Å². The van der Waals surface area contributed by atoms with Gasteiger partial charge in [0.2, 0.25) is 0 Å². The lowest BCUT2D eigenvalue weighted by Crippen LogP contribution is -2.27. The molecule has 36 heavy (non-hydrogen) atoms. The molecule has 0 radical (unpaired) electrons. The number of imide groups is 1. The van der Waals surface area contributed by atoms with Gasteiger partial charge in [0.25, 0.3) is 11.1 Å². The standard InChI is InChI=1S/C28H20N2O5S/c31-27-26(36-28(32)29(27)17-22-11-6-10-21-9-4-5-12-23(21)22)16-20-13-14-25(24(15-20)30(33)34)35-18-19-7-2-1-3-8-19/h1-16H,17-18H2/b26-16+. The molecule has 1 fully saturated rings. The van der Waals surface area contributed by atoms with Gasteiger partial charge in [0, 0.05) is 6.07 Å². The van der Waals surface area contributed by atoms with Crippen molar-refractivity contribution in [2.75, 3.05) is 0 Å². The highest BCUT2D eigenvalue weighted by Crippen LogP contribution is 2.36. The summed E-state index contributed by atoms with van der Waals surface area (Å²) >= 11 is 0.825. The Morgan fingerprint density at radius 1 is 0.917 bits per heavy atom. The van der Waals surface area contributed by atoms with E-state index in [9.17, 15) is 19.7 Å². The first-order valence-corrected chi connectivity index (χ1v) is 12.0. The summed E-state index contributed by atoms with van der Waals surface area (Å²) in [7, 11) is 0. The minimum absolute atomic E-state index is 0.130. The van der Waals surface area contributed by atoms with E-state index in [-0.39, 0.29) is 34.7 Å². The van der Waals surface area contributed by atoms with E-state index in [2.05, 4.69) is 0 Å². The van der Waals surface area contributed by atoms with Crippen molar-refractivity contribution in [3.05, 3.63) is 123 Å². The van der Waals surface area contributed by atoms with Crippen LogP contribution in [0.4, 0.5) is 10.5 Å². The molecule has 1 heterocycles. The Labute approximate surface area is 211 Å². The van der Waals surface area contributed by atoms with E-state index < -0.39 is 10.8 Å². The number of rotatable bonds is 7. The summed E-state index contributed by atoms with van der Waals surface area (Å²) in [4.78, 5) is 38.3. The zero-order chi connectivity index (χ0) is 25.1. The first kappa shape index (κ1) is 23.3. The fourth-order valence-electron chi connectivity index (χ4n) is 4.01. The van der Waals surface area contributed by atoms with Gasteiger partial charge in [-0.15, -0.1) is 0 Å². The molecular weight excluding hydrogens is 476 g/mol. The van der Waals surface area contributed by atoms with Crippen LogP contribution in [0.5, 0.6) is 5.75 Å². The second-order valence-corrected chi connectivity index (χ2v) is 9.16. The minimum Gasteiger partial charge on any atom is -0.482 e. The van der Waals surface area contributed by atoms with Gasteiger partial charge >= 0.3 is 5.69 Å². The molecular formula is C28H20N2O5S. The van der Waals surface area contributed by atoms with Crippen LogP contribution >= 0.6 is 11.8 Å². The van der Waals surface area contributed by atoms with Crippen LogP contribution in [0.1, 0.15) is 16.7 Å². The summed E-state index contributed by atoms with van der Waals surface area (Å²) in [5, 5.41) is 13.3. The van der Waals surface area contributed by atoms with Crippen LogP contribution in [0.2, 0.25) is 0 Å². The van der Waals surface area contributed by atoms with E-state index in [1.54, 1.807) is 6.07 Å². The van der Waals surface area contributed by atoms with Crippen molar-refractivity contribution in [2.45, 2.75) is 13.2 Å². The van der Waals surface area contributed by atoms with Crippen LogP contribution in [0.15, 0.2) is 95.9 Å². The van der Waals surface area contributed by atoms with Gasteiger partial charge in [-0.3, -0.25) is 24.6 Å². The van der Waals surface area contributed by atoms with Gasteiger partial charge in [0.1, 0.15) is 6.61 Å². The van der Waals surface area contributed by atoms with Crippen LogP contribution in [-0.2, 0) is 17.9 Å². The minimum atomic E-state index is -0.524. The molecule has 1 aliphatic rings. The number of benzene rings is 4. The van der Waals surface area contributed by atoms with E-state index in [1.807, 2.05) is 72.8 Å². The lowest BCUT2D eigenvalue weighted by molar-refractivity contribution is -0.386. The van der Waals surface area contributed by atoms with Gasteiger partial charge in [-0.2, -0.15) is 0 Å². The Morgan fingerprint density at radius 2 is 1.67 bits per heavy atom. The van der Waals surface area contributed by atoms with Gasteiger partial charge in [0.15, 0.2) is 5.75 Å². The predicted molar refractivity (Wildman–Crippen MR) is 139 cm³/mol. The molecule has 5 rings (SSSR count). The fraction of sp³-hybridized carbons (Fsp3) is 0.0714. The van der Waals surface area contributed by atoms with Crippen molar-refractivity contribution in [1.29, 1.82) is 0 Å². The molecule has 0 atom stereocenters. The fourth-order valence-corrected chi connectivity index (χ4v) is 4.85. The Hall–Kier alpha value is -4.43. The molecule has 0 N–H and O–H groups in total. The first-order chi connectivity index (χ1) is 17.5. The lowest BCUT2D eigenvalue weighted by atomic mass is 10.0. The van der Waals surface area contributed by atoms with Gasteiger partial charge in [-0.25, -0.2) is 0 Å². The number of ether oxygens (including phenoxy) is 1. The van der Waals surface area contributed by atoms with Gasteiger partial charge in [0.05, 0.1) is 16.4 Å². The highest BCUT2D eigenvalue weighted by atomic mass is 32.2. The molecule has 8 heteroatoms. The number of hydrogen-bond acceptors (Lipinski definition) is 6. The molecule has 178 valence electrons. The quantitative estimate of drug-likeness (QED) is 0.163. The molecule has 4 aromatic carbocycles. The average molecular weight is 497 g/mol. The molecule has 4 aromatic rings. The monoisotopic (exact) mass is 496 g/mol. The zero-order valence-electron chi connectivity index (χ0n) is 19.0. The number of nitro groups is 1. The normalized spacial score (nSPS) is 14.6. The zero-order valence-corrected chi connectivity index (χ0v) is 19.8. The predicted octanol–water partition coefficient (Wildman–Crippen LogP) is 6.56. The Kier molecular flexibility index (Phi) is 6.51. The lowest BCUT2D eigenvalue weighted by Gasteiger charge is -2.14. The first-order valence-electron chi connectivity index (χ1n) is 11.2. The summed E-state index contributed by atoms with van der Waals surface area (Å²) in [6.45, 7) is 0.337. The second-order valence-electron chi connectivity index (χ2n) is 8.16. The number of thioether (sulfide) groups is 1. The van der Waals surface area contributed by atoms with Crippen molar-refractivity contribution in [2.24, 2.45) is 0 Å². The van der Waals surface area contributed by atoms with Crippen LogP contribution in [0.25, 0.3) is 16.8 Å². The van der Waals surface area contributed by atoms with Gasteiger partial charge < -0.3 is 4.74 Å². The Bertz CT molecular complexity index is 1510. The third-order valence-electron chi connectivity index (χ3n) is 5.80. The summed E-state index contributed by atoms with van der Waals surface area (Å²) in [5.74, 6) is -0.296. The maximum atomic E-state index is 13.1. The molecule has 1 saturated heterocycles. The number of nitro benzene ring substituents is 1. The molecule has 0 aliphatic carbocycles. The molecule has 0 saturated carbocycles. The number of nitrogens with zero attached hydrogens (tertiary/aromatic N) is 2. The number of carbonyl (C=O) groups is 2. The van der Waals surface area contributed by atoms with Crippen LogP contribution in [0.3, 0.4) is 0 Å². The molecule has 0 bridgehead atoms. The highest BCUT2D eigenvalue weighted by Gasteiger charge is 2.35. The SMILES string of the molecule is O=C1S/C(=C/c2ccc(OCc3ccccc3)c([N+](=O)[O-])c2)C(=O)N1Cc1cccc2ccccc12. The highest BCUT2D eigenvalue weighted by molar-refractivity contribution is 8.18. The second kappa shape index (κ2) is 10.1. The smallest absolute Gasteiger partial charge is 0.311 e. The summed E-state index contributed by atoms with van der Waals surface area (Å²) < 4.78 is 5.67. The number of hydrogen-bond donors (Lipinski definition) is 0. The van der Waals surface area contributed by atoms with Crippen molar-refractivity contribution in [3.63, 3.8) is 0 Å². The summed E-state index contributed by atoms with van der Waals surface area (Å²) in [6, 6.07) is 27.4. The number of amides is 2. The summed E-state index contributed by atoms with van der Waals surface area (Å²) in [6.07, 6.45) is 1.50. The van der Waals surface area contributed by atoms with Crippen molar-refractivity contribution < 1.29 is 19.2 Å². The van der Waals surface area contributed by atoms with Crippen LogP contribution < -0.4 is 4.74 Å². The van der Waals surface area contributed by atoms with E-state index in [1.165, 1.54) is 23.1 Å². The maximum Gasteiger partial charge on any atom is 0.311 e. The molecule has 0 spiro atoms. The van der Waals surface area contributed by atoms with E-state index in [0.717, 1.165) is 33.7 Å². The average Bonchev–Trinajstić information content (AvgIpc) is 3.16. The summed E-state index contributed by atoms with van der Waals surface area (Å²) in [5.41, 5.74) is 1.97. The third-order valence-corrected chi connectivity index (χ3v) is 6.70. The van der Waals surface area contributed by atoms with Crippen molar-refractivity contribution in [3.8, 4) is 5.75 Å². The Morgan fingerprint density at radius 3 is 2.47 bits per heavy atom. The Balaban J connectivity index is 1.37. The van der Waals surface area contributed by atoms with E-state index >= 15 is 0 Å². The van der Waals surface area contributed by atoms with Crippen LogP contribution in [-0.4, -0.2) is 21.0 Å².